The first-order valence-corrected chi connectivity index (χ1v) is 11.4. The molecule has 6 heteroatoms. The Morgan fingerprint density at radius 3 is 1.97 bits per heavy atom. The fourth-order valence-corrected chi connectivity index (χ4v) is 5.42. The van der Waals surface area contributed by atoms with Crippen LogP contribution in [0.5, 0.6) is 0 Å². The van der Waals surface area contributed by atoms with Crippen LogP contribution in [-0.4, -0.2) is 9.91 Å². The van der Waals surface area contributed by atoms with Gasteiger partial charge in [0.15, 0.2) is 0 Å². The van der Waals surface area contributed by atoms with Crippen molar-refractivity contribution in [3.63, 3.8) is 0 Å². The highest BCUT2D eigenvalue weighted by Crippen LogP contribution is 2.47. The Balaban J connectivity index is 1.65. The Morgan fingerprint density at radius 1 is 0.771 bits per heavy atom. The van der Waals surface area contributed by atoms with Gasteiger partial charge in [0.2, 0.25) is 0 Å². The summed E-state index contributed by atoms with van der Waals surface area (Å²) in [4.78, 5) is 16.0. The zero-order valence-corrected chi connectivity index (χ0v) is 18.7. The van der Waals surface area contributed by atoms with Gasteiger partial charge in [-0.25, -0.2) is 0 Å². The molecule has 0 aliphatic heterocycles. The van der Waals surface area contributed by atoms with Gasteiger partial charge in [-0.1, -0.05) is 12.1 Å². The van der Waals surface area contributed by atoms with Crippen molar-refractivity contribution in [1.29, 1.82) is 10.5 Å². The molecule has 0 N–H and O–H groups in total. The molecule has 0 spiro atoms. The first kappa shape index (κ1) is 20.8. The molecule has 0 bridgehead atoms. The van der Waals surface area contributed by atoms with E-state index in [1.165, 1.54) is 17.7 Å². The van der Waals surface area contributed by atoms with Gasteiger partial charge in [-0.3, -0.25) is 15.1 Å². The maximum Gasteiger partial charge on any atom is 0.269 e. The molecule has 166 valence electrons. The molecule has 0 atom stereocenters. The van der Waals surface area contributed by atoms with Gasteiger partial charge in [0, 0.05) is 34.5 Å². The van der Waals surface area contributed by atoms with Gasteiger partial charge in [0.1, 0.15) is 0 Å². The summed E-state index contributed by atoms with van der Waals surface area (Å²) in [6.07, 6.45) is 3.21. The van der Waals surface area contributed by atoms with Crippen LogP contribution in [0.1, 0.15) is 33.5 Å². The summed E-state index contributed by atoms with van der Waals surface area (Å²) in [5, 5.41) is 30.0. The van der Waals surface area contributed by atoms with Gasteiger partial charge in [-0.05, 0) is 89.9 Å². The summed E-state index contributed by atoms with van der Waals surface area (Å²) in [5.41, 5.74) is 11.8. The molecule has 6 nitrogen and oxygen atoms in total. The lowest BCUT2D eigenvalue weighted by Crippen LogP contribution is -2.15. The molecule has 0 saturated heterocycles. The van der Waals surface area contributed by atoms with E-state index in [4.69, 9.17) is 4.98 Å². The zero-order chi connectivity index (χ0) is 24.1. The molecule has 0 saturated carbocycles. The van der Waals surface area contributed by atoms with Crippen molar-refractivity contribution in [3.8, 4) is 45.6 Å². The molecule has 1 heterocycles. The van der Waals surface area contributed by atoms with E-state index in [0.717, 1.165) is 76.0 Å². The molecule has 2 aliphatic carbocycles. The average Bonchev–Trinajstić information content (AvgIpc) is 2.91. The highest BCUT2D eigenvalue weighted by atomic mass is 16.6. The summed E-state index contributed by atoms with van der Waals surface area (Å²) in [7, 11) is 0. The molecule has 2 aliphatic rings. The second kappa shape index (κ2) is 7.90. The molecule has 1 aromatic heterocycles. The Bertz CT molecular complexity index is 1640. The number of aryl methyl sites for hydroxylation is 3. The molecule has 35 heavy (non-hydrogen) atoms. The fraction of sp³-hybridized carbons (Fsp3) is 0.138. The second-order valence-electron chi connectivity index (χ2n) is 8.91. The smallest absolute Gasteiger partial charge is 0.258 e. The quantitative estimate of drug-likeness (QED) is 0.276. The van der Waals surface area contributed by atoms with Crippen LogP contribution < -0.4 is 0 Å². The lowest BCUT2D eigenvalue weighted by Gasteiger charge is -2.30. The van der Waals surface area contributed by atoms with Crippen molar-refractivity contribution in [2.24, 2.45) is 0 Å². The first-order valence-electron chi connectivity index (χ1n) is 11.4. The average molecular weight is 454 g/mol. The van der Waals surface area contributed by atoms with Gasteiger partial charge in [-0.2, -0.15) is 10.5 Å². The number of pyridine rings is 1. The van der Waals surface area contributed by atoms with E-state index in [1.54, 1.807) is 12.1 Å². The van der Waals surface area contributed by atoms with Gasteiger partial charge in [0.05, 0.1) is 33.9 Å². The van der Waals surface area contributed by atoms with E-state index in [2.05, 4.69) is 12.1 Å². The van der Waals surface area contributed by atoms with Crippen molar-refractivity contribution in [2.75, 3.05) is 0 Å². The third-order valence-corrected chi connectivity index (χ3v) is 7.01. The monoisotopic (exact) mass is 454 g/mol. The van der Waals surface area contributed by atoms with E-state index >= 15 is 0 Å². The maximum absolute atomic E-state index is 11.2. The number of nitrogens with zero attached hydrogens (tertiary/aromatic N) is 4. The van der Waals surface area contributed by atoms with E-state index in [9.17, 15) is 20.6 Å². The molecule has 3 aromatic carbocycles. The van der Waals surface area contributed by atoms with Crippen LogP contribution >= 0.6 is 0 Å². The standard InChI is InChI=1S/C29H18N4O2/c30-15-17-1-9-23-21(14-17)6-12-26-27(23)25-11-5-20-13-18(16-31)2-10-24(20)28(25)29(32-26)19-3-7-22(8-4-19)33(34)35/h1-4,7-10,13-14H,5-6,11-12H2. The van der Waals surface area contributed by atoms with Crippen LogP contribution in [0.25, 0.3) is 33.5 Å². The number of hydrogen-bond donors (Lipinski definition) is 0. The number of hydrogen-bond acceptors (Lipinski definition) is 5. The van der Waals surface area contributed by atoms with Crippen LogP contribution in [0, 0.1) is 32.8 Å². The van der Waals surface area contributed by atoms with E-state index in [-0.39, 0.29) is 5.69 Å². The predicted molar refractivity (Wildman–Crippen MR) is 131 cm³/mol. The Hall–Kier alpha value is -4.81. The normalized spacial score (nSPS) is 12.9. The summed E-state index contributed by atoms with van der Waals surface area (Å²) >= 11 is 0. The number of aromatic nitrogens is 1. The first-order chi connectivity index (χ1) is 17.1. The third kappa shape index (κ3) is 3.27. The Kier molecular flexibility index (Phi) is 4.69. The summed E-state index contributed by atoms with van der Waals surface area (Å²) in [6, 6.07) is 22.7. The van der Waals surface area contributed by atoms with Crippen molar-refractivity contribution in [2.45, 2.75) is 25.7 Å². The molecule has 0 fully saturated rings. The highest BCUT2D eigenvalue weighted by Gasteiger charge is 2.30. The van der Waals surface area contributed by atoms with Crippen LogP contribution in [0.3, 0.4) is 0 Å². The SMILES string of the molecule is N#Cc1ccc2c(c1)CCc1nc(-c3ccc([N+](=O)[O-])cc3)c3c(c1-2)CCc1cc(C#N)ccc1-3. The van der Waals surface area contributed by atoms with Crippen molar-refractivity contribution >= 4 is 5.69 Å². The number of non-ortho nitro benzene ring substituents is 1. The molecule has 0 amide bonds. The number of nitro benzene ring substituents is 1. The van der Waals surface area contributed by atoms with Gasteiger partial charge in [0.25, 0.3) is 5.69 Å². The van der Waals surface area contributed by atoms with Crippen LogP contribution in [0.4, 0.5) is 5.69 Å². The largest absolute Gasteiger partial charge is 0.269 e. The molecular formula is C29H18N4O2. The van der Waals surface area contributed by atoms with Crippen molar-refractivity contribution in [1.82, 2.24) is 4.98 Å². The maximum atomic E-state index is 11.2. The lowest BCUT2D eigenvalue weighted by atomic mass is 9.76. The van der Waals surface area contributed by atoms with Gasteiger partial charge < -0.3 is 0 Å². The minimum absolute atomic E-state index is 0.0434. The van der Waals surface area contributed by atoms with E-state index < -0.39 is 4.92 Å². The molecular weight excluding hydrogens is 436 g/mol. The minimum atomic E-state index is -0.398. The summed E-state index contributed by atoms with van der Waals surface area (Å²) < 4.78 is 0. The number of benzene rings is 3. The second-order valence-corrected chi connectivity index (χ2v) is 8.91. The third-order valence-electron chi connectivity index (χ3n) is 7.01. The van der Waals surface area contributed by atoms with Crippen LogP contribution in [0.15, 0.2) is 60.7 Å². The number of nitro groups is 1. The number of fused-ring (bicyclic) bond motifs is 7. The summed E-state index contributed by atoms with van der Waals surface area (Å²) in [5.74, 6) is 0. The topological polar surface area (TPSA) is 104 Å². The predicted octanol–water partition coefficient (Wildman–Crippen LogP) is 5.93. The van der Waals surface area contributed by atoms with Crippen LogP contribution in [0.2, 0.25) is 0 Å². The Morgan fingerprint density at radius 2 is 1.37 bits per heavy atom. The van der Waals surface area contributed by atoms with Crippen molar-refractivity contribution in [3.05, 3.63) is 104 Å². The van der Waals surface area contributed by atoms with Gasteiger partial charge >= 0.3 is 0 Å². The number of rotatable bonds is 2. The Labute approximate surface area is 201 Å². The minimum Gasteiger partial charge on any atom is -0.258 e. The number of nitriles is 2. The highest BCUT2D eigenvalue weighted by molar-refractivity contribution is 5.93. The lowest BCUT2D eigenvalue weighted by molar-refractivity contribution is -0.384. The zero-order valence-electron chi connectivity index (χ0n) is 18.7. The van der Waals surface area contributed by atoms with Crippen molar-refractivity contribution < 1.29 is 4.92 Å². The molecule has 0 radical (unpaired) electrons. The van der Waals surface area contributed by atoms with E-state index in [1.807, 2.05) is 36.4 Å². The van der Waals surface area contributed by atoms with Gasteiger partial charge in [-0.15, -0.1) is 0 Å². The molecule has 4 aromatic rings. The molecule has 6 rings (SSSR count). The van der Waals surface area contributed by atoms with E-state index in [0.29, 0.717) is 11.1 Å². The van der Waals surface area contributed by atoms with Crippen LogP contribution in [-0.2, 0) is 25.7 Å². The fourth-order valence-electron chi connectivity index (χ4n) is 5.42. The molecule has 0 unspecified atom stereocenters. The summed E-state index contributed by atoms with van der Waals surface area (Å²) in [6.45, 7) is 0.